The van der Waals surface area contributed by atoms with Crippen molar-refractivity contribution in [3.63, 3.8) is 0 Å². The number of carbonyl (C=O) groups is 2. The summed E-state index contributed by atoms with van der Waals surface area (Å²) in [7, 11) is 1.48. The summed E-state index contributed by atoms with van der Waals surface area (Å²) in [6.07, 6.45) is 1.24. The van der Waals surface area contributed by atoms with Gasteiger partial charge in [-0.3, -0.25) is 4.79 Å². The van der Waals surface area contributed by atoms with E-state index in [1.807, 2.05) is 0 Å². The average Bonchev–Trinajstić information content (AvgIpc) is 2.53. The molecule has 1 aromatic rings. The minimum Gasteiger partial charge on any atom is -0.504 e. The zero-order valence-electron chi connectivity index (χ0n) is 12.5. The molecule has 3 amide bonds. The molecule has 0 atom stereocenters. The number of nitrogens with zero attached hydrogens (tertiary/aromatic N) is 1. The van der Waals surface area contributed by atoms with Crippen LogP contribution in [0.25, 0.3) is 0 Å². The Hall–Kier alpha value is -2.44. The second-order valence-corrected chi connectivity index (χ2v) is 5.32. The van der Waals surface area contributed by atoms with Gasteiger partial charge in [0.2, 0.25) is 5.91 Å². The lowest BCUT2D eigenvalue weighted by Gasteiger charge is -2.29. The molecular weight excluding hydrogens is 286 g/mol. The quantitative estimate of drug-likeness (QED) is 0.765. The van der Waals surface area contributed by atoms with Gasteiger partial charge in [0.05, 0.1) is 7.11 Å². The molecule has 0 unspecified atom stereocenters. The number of ether oxygens (including phenoxy) is 1. The highest BCUT2D eigenvalue weighted by atomic mass is 16.5. The number of benzene rings is 1. The second kappa shape index (κ2) is 7.02. The fourth-order valence-corrected chi connectivity index (χ4v) is 2.53. The first kappa shape index (κ1) is 15.9. The van der Waals surface area contributed by atoms with Gasteiger partial charge in [-0.25, -0.2) is 4.79 Å². The van der Waals surface area contributed by atoms with Gasteiger partial charge in [0.1, 0.15) is 0 Å². The zero-order chi connectivity index (χ0) is 16.1. The molecule has 22 heavy (non-hydrogen) atoms. The molecule has 0 saturated carbocycles. The van der Waals surface area contributed by atoms with E-state index in [1.54, 1.807) is 17.0 Å². The monoisotopic (exact) mass is 307 g/mol. The van der Waals surface area contributed by atoms with E-state index in [4.69, 9.17) is 10.5 Å². The van der Waals surface area contributed by atoms with Crippen molar-refractivity contribution in [1.82, 2.24) is 10.2 Å². The van der Waals surface area contributed by atoms with Gasteiger partial charge < -0.3 is 25.8 Å². The summed E-state index contributed by atoms with van der Waals surface area (Å²) >= 11 is 0. The summed E-state index contributed by atoms with van der Waals surface area (Å²) in [6, 6.07) is 4.51. The predicted octanol–water partition coefficient (Wildman–Crippen LogP) is 0.808. The third kappa shape index (κ3) is 3.81. The van der Waals surface area contributed by atoms with Crippen LogP contribution in [0.5, 0.6) is 11.5 Å². The number of aromatic hydroxyl groups is 1. The van der Waals surface area contributed by atoms with Crippen LogP contribution in [0.1, 0.15) is 18.4 Å². The number of phenols is 1. The standard InChI is InChI=1S/C15H21N3O4/c1-22-13-8-10(2-3-12(13)19)9-17-14(20)11-4-6-18(7-5-11)15(16)21/h2-3,8,11,19H,4-7,9H2,1H3,(H2,16,21)(H,17,20). The molecule has 7 nitrogen and oxygen atoms in total. The molecular formula is C15H21N3O4. The van der Waals surface area contributed by atoms with E-state index in [0.717, 1.165) is 5.56 Å². The van der Waals surface area contributed by atoms with E-state index in [-0.39, 0.29) is 17.6 Å². The Balaban J connectivity index is 1.84. The lowest BCUT2D eigenvalue weighted by Crippen LogP contribution is -2.44. The lowest BCUT2D eigenvalue weighted by atomic mass is 9.96. The van der Waals surface area contributed by atoms with Crippen molar-refractivity contribution < 1.29 is 19.4 Å². The normalized spacial score (nSPS) is 15.4. The number of urea groups is 1. The third-order valence-corrected chi connectivity index (χ3v) is 3.89. The molecule has 0 aliphatic carbocycles. The summed E-state index contributed by atoms with van der Waals surface area (Å²) in [4.78, 5) is 24.7. The Bertz CT molecular complexity index is 554. The van der Waals surface area contributed by atoms with Gasteiger partial charge in [-0.2, -0.15) is 0 Å². The van der Waals surface area contributed by atoms with E-state index >= 15 is 0 Å². The number of nitrogens with one attached hydrogen (secondary N) is 1. The zero-order valence-corrected chi connectivity index (χ0v) is 12.5. The summed E-state index contributed by atoms with van der Waals surface area (Å²) in [5.74, 6) is 0.309. The Labute approximate surface area is 129 Å². The molecule has 1 heterocycles. The van der Waals surface area contributed by atoms with Crippen molar-refractivity contribution >= 4 is 11.9 Å². The van der Waals surface area contributed by atoms with Crippen LogP contribution in [0.2, 0.25) is 0 Å². The van der Waals surface area contributed by atoms with E-state index in [9.17, 15) is 14.7 Å². The maximum Gasteiger partial charge on any atom is 0.314 e. The molecule has 120 valence electrons. The molecule has 1 aromatic carbocycles. The molecule has 0 spiro atoms. The Morgan fingerprint density at radius 2 is 2.09 bits per heavy atom. The molecule has 0 bridgehead atoms. The Kier molecular flexibility index (Phi) is 5.08. The van der Waals surface area contributed by atoms with E-state index in [1.165, 1.54) is 13.2 Å². The summed E-state index contributed by atoms with van der Waals surface area (Å²) in [5, 5.41) is 12.4. The molecule has 1 aliphatic heterocycles. The van der Waals surface area contributed by atoms with Crippen LogP contribution in [-0.4, -0.2) is 42.1 Å². The minimum atomic E-state index is -0.435. The highest BCUT2D eigenvalue weighted by molar-refractivity contribution is 5.79. The number of phenolic OH excluding ortho intramolecular Hbond substituents is 1. The second-order valence-electron chi connectivity index (χ2n) is 5.32. The Morgan fingerprint density at radius 3 is 2.68 bits per heavy atom. The number of rotatable bonds is 4. The number of primary amides is 1. The van der Waals surface area contributed by atoms with Crippen molar-refractivity contribution in [2.75, 3.05) is 20.2 Å². The highest BCUT2D eigenvalue weighted by Gasteiger charge is 2.26. The smallest absolute Gasteiger partial charge is 0.314 e. The summed E-state index contributed by atoms with van der Waals surface area (Å²) < 4.78 is 5.03. The first-order valence-corrected chi connectivity index (χ1v) is 7.19. The van der Waals surface area contributed by atoms with Crippen LogP contribution >= 0.6 is 0 Å². The topological polar surface area (TPSA) is 105 Å². The number of hydrogen-bond acceptors (Lipinski definition) is 4. The number of methoxy groups -OCH3 is 1. The van der Waals surface area contributed by atoms with Gasteiger partial charge in [0, 0.05) is 25.6 Å². The van der Waals surface area contributed by atoms with Crippen molar-refractivity contribution in [3.05, 3.63) is 23.8 Å². The summed E-state index contributed by atoms with van der Waals surface area (Å²) in [6.45, 7) is 1.40. The molecule has 2 rings (SSSR count). The third-order valence-electron chi connectivity index (χ3n) is 3.89. The number of piperidine rings is 1. The van der Waals surface area contributed by atoms with E-state index in [0.29, 0.717) is 38.2 Å². The predicted molar refractivity (Wildman–Crippen MR) is 80.4 cm³/mol. The van der Waals surface area contributed by atoms with Crippen LogP contribution in [-0.2, 0) is 11.3 Å². The van der Waals surface area contributed by atoms with Crippen molar-refractivity contribution in [3.8, 4) is 11.5 Å². The van der Waals surface area contributed by atoms with Gasteiger partial charge in [-0.15, -0.1) is 0 Å². The van der Waals surface area contributed by atoms with Gasteiger partial charge >= 0.3 is 6.03 Å². The number of amides is 3. The molecule has 0 radical (unpaired) electrons. The fourth-order valence-electron chi connectivity index (χ4n) is 2.53. The molecule has 1 aliphatic rings. The molecule has 4 N–H and O–H groups in total. The SMILES string of the molecule is COc1cc(CNC(=O)C2CCN(C(N)=O)CC2)ccc1O. The molecule has 1 fully saturated rings. The minimum absolute atomic E-state index is 0.0313. The van der Waals surface area contributed by atoms with Crippen molar-refractivity contribution in [2.24, 2.45) is 11.7 Å². The van der Waals surface area contributed by atoms with Gasteiger partial charge in [-0.05, 0) is 30.5 Å². The van der Waals surface area contributed by atoms with Crippen LogP contribution in [0.3, 0.4) is 0 Å². The average molecular weight is 307 g/mol. The maximum absolute atomic E-state index is 12.1. The first-order chi connectivity index (χ1) is 10.5. The number of carbonyl (C=O) groups excluding carboxylic acids is 2. The van der Waals surface area contributed by atoms with Gasteiger partial charge in [-0.1, -0.05) is 6.07 Å². The number of nitrogens with two attached hydrogens (primary N) is 1. The fraction of sp³-hybridized carbons (Fsp3) is 0.467. The number of likely N-dealkylation sites (tertiary alicyclic amines) is 1. The van der Waals surface area contributed by atoms with Crippen LogP contribution in [0.4, 0.5) is 4.79 Å². The van der Waals surface area contributed by atoms with Crippen molar-refractivity contribution in [1.29, 1.82) is 0 Å². The largest absolute Gasteiger partial charge is 0.504 e. The number of hydrogen-bond donors (Lipinski definition) is 3. The molecule has 0 aromatic heterocycles. The van der Waals surface area contributed by atoms with E-state index < -0.39 is 6.03 Å². The van der Waals surface area contributed by atoms with E-state index in [2.05, 4.69) is 5.32 Å². The lowest BCUT2D eigenvalue weighted by molar-refractivity contribution is -0.126. The highest BCUT2D eigenvalue weighted by Crippen LogP contribution is 2.26. The molecule has 7 heteroatoms. The van der Waals surface area contributed by atoms with Crippen LogP contribution < -0.4 is 15.8 Å². The maximum atomic E-state index is 12.1. The van der Waals surface area contributed by atoms with Crippen molar-refractivity contribution in [2.45, 2.75) is 19.4 Å². The van der Waals surface area contributed by atoms with Crippen LogP contribution in [0.15, 0.2) is 18.2 Å². The Morgan fingerprint density at radius 1 is 1.41 bits per heavy atom. The van der Waals surface area contributed by atoms with Crippen LogP contribution in [0, 0.1) is 5.92 Å². The summed E-state index contributed by atoms with van der Waals surface area (Å²) in [5.41, 5.74) is 6.06. The van der Waals surface area contributed by atoms with Gasteiger partial charge in [0.15, 0.2) is 11.5 Å². The van der Waals surface area contributed by atoms with Gasteiger partial charge in [0.25, 0.3) is 0 Å². The molecule has 1 saturated heterocycles. The first-order valence-electron chi connectivity index (χ1n) is 7.19.